The Kier molecular flexibility index (Phi) is 4.66. The van der Waals surface area contributed by atoms with Crippen molar-refractivity contribution in [1.29, 1.82) is 0 Å². The van der Waals surface area contributed by atoms with Crippen LogP contribution in [0.5, 0.6) is 11.8 Å². The summed E-state index contributed by atoms with van der Waals surface area (Å²) in [7, 11) is -2.55. The Morgan fingerprint density at radius 1 is 1.22 bits per heavy atom. The molecule has 142 valence electrons. The van der Waals surface area contributed by atoms with Crippen molar-refractivity contribution in [2.75, 3.05) is 7.04 Å². The summed E-state index contributed by atoms with van der Waals surface area (Å²) in [5, 5.41) is 7.68. The van der Waals surface area contributed by atoms with Gasteiger partial charge in [0.15, 0.2) is 11.6 Å². The Bertz CT molecular complexity index is 1000. The van der Waals surface area contributed by atoms with Crippen molar-refractivity contribution < 1.29 is 31.5 Å². The van der Waals surface area contributed by atoms with Crippen LogP contribution in [-0.4, -0.2) is 38.6 Å². The van der Waals surface area contributed by atoms with Crippen LogP contribution < -0.4 is 9.47 Å². The second-order valence-corrected chi connectivity index (χ2v) is 5.06. The van der Waals surface area contributed by atoms with Crippen molar-refractivity contribution in [1.82, 2.24) is 25.0 Å². The first-order chi connectivity index (χ1) is 14.2. The fourth-order valence-electron chi connectivity index (χ4n) is 2.05. The van der Waals surface area contributed by atoms with Crippen LogP contribution in [-0.2, 0) is 18.0 Å². The quantitative estimate of drug-likeness (QED) is 0.590. The topological polar surface area (TPSA) is 84.2 Å². The highest BCUT2D eigenvalue weighted by Gasteiger charge is 2.13. The Balaban J connectivity index is 1.64. The summed E-state index contributed by atoms with van der Waals surface area (Å²) in [5.41, 5.74) is 0.881. The summed E-state index contributed by atoms with van der Waals surface area (Å²) in [6.07, 6.45) is 2.81. The number of aromatic nitrogens is 5. The van der Waals surface area contributed by atoms with Crippen LogP contribution in [0.15, 0.2) is 36.7 Å². The van der Waals surface area contributed by atoms with E-state index in [1.165, 1.54) is 29.2 Å². The van der Waals surface area contributed by atoms with E-state index in [2.05, 4.69) is 29.8 Å². The zero-order valence-electron chi connectivity index (χ0n) is 16.6. The van der Waals surface area contributed by atoms with Gasteiger partial charge >= 0.3 is 12.6 Å². The third-order valence-corrected chi connectivity index (χ3v) is 3.20. The van der Waals surface area contributed by atoms with Crippen molar-refractivity contribution in [2.24, 2.45) is 0 Å². The molecule has 0 saturated carbocycles. The van der Waals surface area contributed by atoms with Crippen LogP contribution >= 0.6 is 0 Å². The number of methoxy groups -OCH3 is 1. The molecule has 27 heavy (non-hydrogen) atoms. The van der Waals surface area contributed by atoms with Crippen molar-refractivity contribution in [3.05, 3.63) is 53.9 Å². The Hall–Kier alpha value is -3.21. The highest BCUT2D eigenvalue weighted by molar-refractivity contribution is 5.39. The maximum Gasteiger partial charge on any atom is 0.387 e. The number of alkyl halides is 2. The molecule has 3 rings (SSSR count). The summed E-state index contributed by atoms with van der Waals surface area (Å²) >= 11 is 0. The first kappa shape index (κ1) is 14.9. The SMILES string of the molecule is [2H]C([2H])([2H])OCc1ccnc(OCc2cn(-c3ccc(F)c(OC(F)F)c3)nn2)n1. The fourth-order valence-corrected chi connectivity index (χ4v) is 2.05. The average Bonchev–Trinajstić information content (AvgIpc) is 3.15. The molecular formula is C16H14F3N5O3. The van der Waals surface area contributed by atoms with E-state index >= 15 is 0 Å². The smallest absolute Gasteiger partial charge is 0.387 e. The van der Waals surface area contributed by atoms with Gasteiger partial charge in [-0.15, -0.1) is 5.10 Å². The van der Waals surface area contributed by atoms with Gasteiger partial charge in [-0.2, -0.15) is 13.8 Å². The van der Waals surface area contributed by atoms with Crippen molar-refractivity contribution in [2.45, 2.75) is 19.8 Å². The van der Waals surface area contributed by atoms with Gasteiger partial charge in [-0.3, -0.25) is 0 Å². The number of hydrogen-bond donors (Lipinski definition) is 0. The van der Waals surface area contributed by atoms with Crippen LogP contribution in [0.1, 0.15) is 15.5 Å². The maximum atomic E-state index is 13.5. The van der Waals surface area contributed by atoms with Crippen LogP contribution in [0, 0.1) is 5.82 Å². The van der Waals surface area contributed by atoms with Gasteiger partial charge < -0.3 is 14.2 Å². The third kappa shape index (κ3) is 4.91. The number of halogens is 3. The molecule has 0 aliphatic rings. The normalized spacial score (nSPS) is 13.1. The lowest BCUT2D eigenvalue weighted by molar-refractivity contribution is -0.0521. The minimum absolute atomic E-state index is 0.0365. The molecule has 1 aromatic carbocycles. The Labute approximate surface area is 155 Å². The standard InChI is InChI=1S/C16H14F3N5O3/c1-25-8-10-4-5-20-16(21-10)26-9-11-7-24(23-22-11)12-2-3-13(17)14(6-12)27-15(18)19/h2-7,15H,8-9H2,1H3/i1D3. The van der Waals surface area contributed by atoms with Gasteiger partial charge in [0.05, 0.1) is 28.3 Å². The van der Waals surface area contributed by atoms with Crippen LogP contribution in [0.25, 0.3) is 5.69 Å². The van der Waals surface area contributed by atoms with Gasteiger partial charge in [0.1, 0.15) is 12.3 Å². The van der Waals surface area contributed by atoms with Crippen LogP contribution in [0.3, 0.4) is 0 Å². The molecule has 0 atom stereocenters. The van der Waals surface area contributed by atoms with E-state index in [0.29, 0.717) is 11.4 Å². The van der Waals surface area contributed by atoms with Gasteiger partial charge in [0.25, 0.3) is 0 Å². The van der Waals surface area contributed by atoms with Crippen LogP contribution in [0.4, 0.5) is 13.2 Å². The zero-order chi connectivity index (χ0) is 21.7. The third-order valence-electron chi connectivity index (χ3n) is 3.20. The molecule has 3 aromatic rings. The lowest BCUT2D eigenvalue weighted by atomic mass is 10.3. The lowest BCUT2D eigenvalue weighted by Crippen LogP contribution is -2.05. The van der Waals surface area contributed by atoms with Gasteiger partial charge in [-0.1, -0.05) is 5.21 Å². The van der Waals surface area contributed by atoms with E-state index in [9.17, 15) is 13.2 Å². The lowest BCUT2D eigenvalue weighted by Gasteiger charge is -2.07. The van der Waals surface area contributed by atoms with E-state index in [4.69, 9.17) is 8.85 Å². The first-order valence-electron chi connectivity index (χ1n) is 8.94. The first-order valence-corrected chi connectivity index (χ1v) is 7.44. The maximum absolute atomic E-state index is 13.5. The molecule has 0 aliphatic carbocycles. The molecule has 2 aromatic heterocycles. The van der Waals surface area contributed by atoms with Crippen LogP contribution in [0.2, 0.25) is 0 Å². The van der Waals surface area contributed by atoms with E-state index < -0.39 is 25.2 Å². The Morgan fingerprint density at radius 3 is 2.93 bits per heavy atom. The van der Waals surface area contributed by atoms with Crippen molar-refractivity contribution in [3.63, 3.8) is 0 Å². The molecule has 0 unspecified atom stereocenters. The summed E-state index contributed by atoms with van der Waals surface area (Å²) in [6.45, 7) is -3.51. The van der Waals surface area contributed by atoms with Gasteiger partial charge in [0.2, 0.25) is 0 Å². The predicted molar refractivity (Wildman–Crippen MR) is 85.0 cm³/mol. The van der Waals surface area contributed by atoms with Gasteiger partial charge in [0, 0.05) is 19.3 Å². The fraction of sp³-hybridized carbons (Fsp3) is 0.250. The molecule has 0 amide bonds. The van der Waals surface area contributed by atoms with Gasteiger partial charge in [-0.05, 0) is 18.2 Å². The average molecular weight is 384 g/mol. The molecule has 2 heterocycles. The molecule has 11 heteroatoms. The molecule has 0 saturated heterocycles. The zero-order valence-corrected chi connectivity index (χ0v) is 13.6. The monoisotopic (exact) mass is 384 g/mol. The second kappa shape index (κ2) is 8.45. The summed E-state index contributed by atoms with van der Waals surface area (Å²) in [5.74, 6) is -1.57. The Morgan fingerprint density at radius 2 is 2.11 bits per heavy atom. The minimum Gasteiger partial charge on any atom is -0.457 e. The number of benzene rings is 1. The van der Waals surface area contributed by atoms with E-state index in [1.54, 1.807) is 0 Å². The molecule has 0 fully saturated rings. The predicted octanol–water partition coefficient (Wildman–Crippen LogP) is 2.52. The largest absolute Gasteiger partial charge is 0.457 e. The van der Waals surface area contributed by atoms with Crippen molar-refractivity contribution >= 4 is 0 Å². The molecule has 0 N–H and O–H groups in total. The highest BCUT2D eigenvalue weighted by Crippen LogP contribution is 2.22. The number of rotatable bonds is 8. The summed E-state index contributed by atoms with van der Waals surface area (Å²) < 4.78 is 74.7. The van der Waals surface area contributed by atoms with E-state index in [0.717, 1.165) is 12.1 Å². The summed E-state index contributed by atoms with van der Waals surface area (Å²) in [6, 6.07) is 4.77. The van der Waals surface area contributed by atoms with E-state index in [1.807, 2.05) is 0 Å². The second-order valence-electron chi connectivity index (χ2n) is 5.06. The molecule has 0 bridgehead atoms. The number of nitrogens with zero attached hydrogens (tertiary/aromatic N) is 5. The highest BCUT2D eigenvalue weighted by atomic mass is 19.3. The minimum atomic E-state index is -3.17. The number of ether oxygens (including phenoxy) is 3. The van der Waals surface area contributed by atoms with Gasteiger partial charge in [-0.25, -0.2) is 14.1 Å². The van der Waals surface area contributed by atoms with Crippen molar-refractivity contribution in [3.8, 4) is 17.4 Å². The molecular weight excluding hydrogens is 367 g/mol. The molecule has 0 radical (unpaired) electrons. The summed E-state index contributed by atoms with van der Waals surface area (Å²) in [4.78, 5) is 7.91. The number of hydrogen-bond acceptors (Lipinski definition) is 7. The molecule has 8 nitrogen and oxygen atoms in total. The molecule has 0 aliphatic heterocycles. The van der Waals surface area contributed by atoms with E-state index in [-0.39, 0.29) is 24.9 Å². The molecule has 0 spiro atoms.